The van der Waals surface area contributed by atoms with E-state index in [2.05, 4.69) is 34.6 Å². The first kappa shape index (κ1) is 8.71. The molecule has 1 aliphatic carbocycles. The molecule has 0 amide bonds. The van der Waals surface area contributed by atoms with Crippen LogP contribution in [0.25, 0.3) is 10.9 Å². The minimum absolute atomic E-state index is 0.433. The van der Waals surface area contributed by atoms with Crippen LogP contribution in [0.5, 0.6) is 0 Å². The van der Waals surface area contributed by atoms with Crippen molar-refractivity contribution in [3.05, 3.63) is 42.1 Å². The molecule has 2 heteroatoms. The molecule has 1 saturated heterocycles. The molecular weight excluding hydrogens is 196 g/mol. The number of nitrogens with one attached hydrogen (secondary N) is 1. The van der Waals surface area contributed by atoms with Gasteiger partial charge >= 0.3 is 0 Å². The predicted molar refractivity (Wildman–Crippen MR) is 64.4 cm³/mol. The Balaban J connectivity index is 1.98. The molecule has 2 aromatic rings. The molecule has 2 nitrogen and oxygen atoms in total. The number of piperidine rings is 1. The van der Waals surface area contributed by atoms with E-state index in [0.29, 0.717) is 5.41 Å². The molecule has 0 bridgehead atoms. The van der Waals surface area contributed by atoms with Crippen molar-refractivity contribution in [3.63, 3.8) is 0 Å². The van der Waals surface area contributed by atoms with Gasteiger partial charge in [0.15, 0.2) is 0 Å². The van der Waals surface area contributed by atoms with Gasteiger partial charge in [-0.25, -0.2) is 0 Å². The van der Waals surface area contributed by atoms with Crippen LogP contribution in [-0.2, 0) is 5.41 Å². The highest BCUT2D eigenvalue weighted by atomic mass is 15.0. The normalized spacial score (nSPS) is 31.6. The molecular formula is C14H14N2. The van der Waals surface area contributed by atoms with Crippen LogP contribution >= 0.6 is 0 Å². The molecule has 2 unspecified atom stereocenters. The van der Waals surface area contributed by atoms with Gasteiger partial charge in [0.1, 0.15) is 0 Å². The van der Waals surface area contributed by atoms with Gasteiger partial charge < -0.3 is 5.32 Å². The SMILES string of the molecule is c1cc(C23CNCC2C3)c2cccnc2c1. The molecule has 80 valence electrons. The summed E-state index contributed by atoms with van der Waals surface area (Å²) in [6.45, 7) is 2.34. The van der Waals surface area contributed by atoms with E-state index < -0.39 is 0 Å². The zero-order chi connectivity index (χ0) is 10.6. The first-order valence-electron chi connectivity index (χ1n) is 5.95. The third-order valence-electron chi connectivity index (χ3n) is 4.25. The van der Waals surface area contributed by atoms with Crippen LogP contribution in [0.15, 0.2) is 36.5 Å². The zero-order valence-corrected chi connectivity index (χ0v) is 9.11. The average Bonchev–Trinajstić information content (AvgIpc) is 2.91. The predicted octanol–water partition coefficient (Wildman–Crippen LogP) is 2.10. The molecule has 2 aliphatic rings. The van der Waals surface area contributed by atoms with Crippen molar-refractivity contribution in [2.45, 2.75) is 11.8 Å². The number of hydrogen-bond donors (Lipinski definition) is 1. The van der Waals surface area contributed by atoms with Crippen LogP contribution in [-0.4, -0.2) is 18.1 Å². The Labute approximate surface area is 94.7 Å². The molecule has 2 fully saturated rings. The van der Waals surface area contributed by atoms with Gasteiger partial charge in [-0.2, -0.15) is 0 Å². The monoisotopic (exact) mass is 210 g/mol. The maximum absolute atomic E-state index is 4.44. The summed E-state index contributed by atoms with van der Waals surface area (Å²) in [5.41, 5.74) is 3.07. The lowest BCUT2D eigenvalue weighted by Crippen LogP contribution is -2.19. The summed E-state index contributed by atoms with van der Waals surface area (Å²) in [4.78, 5) is 4.44. The second kappa shape index (κ2) is 2.83. The molecule has 0 radical (unpaired) electrons. The smallest absolute Gasteiger partial charge is 0.0704 e. The van der Waals surface area contributed by atoms with Crippen molar-refractivity contribution in [1.29, 1.82) is 0 Å². The summed E-state index contributed by atoms with van der Waals surface area (Å²) in [5.74, 6) is 0.860. The molecule has 1 saturated carbocycles. The van der Waals surface area contributed by atoms with Crippen molar-refractivity contribution in [3.8, 4) is 0 Å². The zero-order valence-electron chi connectivity index (χ0n) is 9.11. The second-order valence-corrected chi connectivity index (χ2v) is 5.06. The van der Waals surface area contributed by atoms with Gasteiger partial charge in [-0.1, -0.05) is 18.2 Å². The van der Waals surface area contributed by atoms with Crippen LogP contribution in [0.3, 0.4) is 0 Å². The lowest BCUT2D eigenvalue weighted by atomic mass is 9.91. The number of hydrogen-bond acceptors (Lipinski definition) is 2. The van der Waals surface area contributed by atoms with Crippen molar-refractivity contribution in [1.82, 2.24) is 10.3 Å². The van der Waals surface area contributed by atoms with Gasteiger partial charge in [0, 0.05) is 23.5 Å². The van der Waals surface area contributed by atoms with Crippen LogP contribution in [0, 0.1) is 5.92 Å². The Morgan fingerprint density at radius 2 is 2.25 bits per heavy atom. The van der Waals surface area contributed by atoms with Gasteiger partial charge in [0.05, 0.1) is 5.52 Å². The number of aromatic nitrogens is 1. The quantitative estimate of drug-likeness (QED) is 0.779. The van der Waals surface area contributed by atoms with E-state index in [1.54, 1.807) is 0 Å². The van der Waals surface area contributed by atoms with Gasteiger partial charge in [0.25, 0.3) is 0 Å². The summed E-state index contributed by atoms with van der Waals surface area (Å²) in [6, 6.07) is 10.8. The maximum Gasteiger partial charge on any atom is 0.0704 e. The highest BCUT2D eigenvalue weighted by Gasteiger charge is 2.58. The summed E-state index contributed by atoms with van der Waals surface area (Å²) in [6.07, 6.45) is 3.23. The van der Waals surface area contributed by atoms with Crippen LogP contribution in [0.4, 0.5) is 0 Å². The Kier molecular flexibility index (Phi) is 1.54. The second-order valence-electron chi connectivity index (χ2n) is 5.06. The van der Waals surface area contributed by atoms with Crippen molar-refractivity contribution in [2.75, 3.05) is 13.1 Å². The fraction of sp³-hybridized carbons (Fsp3) is 0.357. The highest BCUT2D eigenvalue weighted by molar-refractivity contribution is 5.84. The Bertz CT molecular complexity index is 558. The third kappa shape index (κ3) is 0.978. The third-order valence-corrected chi connectivity index (χ3v) is 4.25. The fourth-order valence-corrected chi connectivity index (χ4v) is 3.30. The first-order valence-corrected chi connectivity index (χ1v) is 5.95. The fourth-order valence-electron chi connectivity index (χ4n) is 3.30. The largest absolute Gasteiger partial charge is 0.316 e. The van der Waals surface area contributed by atoms with Gasteiger partial charge in [0.2, 0.25) is 0 Å². The Morgan fingerprint density at radius 3 is 3.06 bits per heavy atom. The summed E-state index contributed by atoms with van der Waals surface area (Å²) in [5, 5.41) is 4.85. The topological polar surface area (TPSA) is 24.9 Å². The Morgan fingerprint density at radius 1 is 1.25 bits per heavy atom. The molecule has 1 aliphatic heterocycles. The van der Waals surface area contributed by atoms with Crippen molar-refractivity contribution in [2.24, 2.45) is 5.92 Å². The first-order chi connectivity index (χ1) is 7.90. The van der Waals surface area contributed by atoms with Gasteiger partial charge in [-0.15, -0.1) is 0 Å². The van der Waals surface area contributed by atoms with E-state index in [-0.39, 0.29) is 0 Å². The van der Waals surface area contributed by atoms with Crippen LogP contribution < -0.4 is 5.32 Å². The molecule has 16 heavy (non-hydrogen) atoms. The van der Waals surface area contributed by atoms with E-state index in [9.17, 15) is 0 Å². The number of benzene rings is 1. The Hall–Kier alpha value is -1.41. The van der Waals surface area contributed by atoms with E-state index in [1.165, 1.54) is 23.9 Å². The number of rotatable bonds is 1. The summed E-state index contributed by atoms with van der Waals surface area (Å²) >= 11 is 0. The molecule has 2 atom stereocenters. The van der Waals surface area contributed by atoms with Crippen molar-refractivity contribution >= 4 is 10.9 Å². The number of nitrogens with zero attached hydrogens (tertiary/aromatic N) is 1. The summed E-state index contributed by atoms with van der Waals surface area (Å²) in [7, 11) is 0. The van der Waals surface area contributed by atoms with Crippen LogP contribution in [0.1, 0.15) is 12.0 Å². The summed E-state index contributed by atoms with van der Waals surface area (Å²) < 4.78 is 0. The minimum atomic E-state index is 0.433. The average molecular weight is 210 g/mol. The number of pyridine rings is 1. The minimum Gasteiger partial charge on any atom is -0.316 e. The molecule has 2 heterocycles. The lowest BCUT2D eigenvalue weighted by Gasteiger charge is -2.14. The molecule has 1 aromatic heterocycles. The molecule has 4 rings (SSSR count). The highest BCUT2D eigenvalue weighted by Crippen LogP contribution is 2.57. The van der Waals surface area contributed by atoms with E-state index in [1.807, 2.05) is 12.3 Å². The van der Waals surface area contributed by atoms with Gasteiger partial charge in [-0.05, 0) is 36.6 Å². The van der Waals surface area contributed by atoms with E-state index in [4.69, 9.17) is 0 Å². The maximum atomic E-state index is 4.44. The molecule has 0 spiro atoms. The van der Waals surface area contributed by atoms with E-state index >= 15 is 0 Å². The van der Waals surface area contributed by atoms with Crippen LogP contribution in [0.2, 0.25) is 0 Å². The molecule has 1 N–H and O–H groups in total. The standard InChI is InChI=1S/C14H14N2/c1-4-12(14-7-10(14)8-15-9-14)11-3-2-6-16-13(11)5-1/h1-6,10,15H,7-9H2. The van der Waals surface area contributed by atoms with E-state index in [0.717, 1.165) is 18.0 Å². The lowest BCUT2D eigenvalue weighted by molar-refractivity contribution is 0.680. The number of fused-ring (bicyclic) bond motifs is 2. The molecule has 1 aromatic carbocycles. The van der Waals surface area contributed by atoms with Crippen molar-refractivity contribution < 1.29 is 0 Å². The van der Waals surface area contributed by atoms with Gasteiger partial charge in [-0.3, -0.25) is 4.98 Å².